The third-order valence-corrected chi connectivity index (χ3v) is 4.67. The second kappa shape index (κ2) is 5.64. The largest absolute Gasteiger partial charge is 0.383 e. The summed E-state index contributed by atoms with van der Waals surface area (Å²) < 4.78 is 0. The number of aryl methyl sites for hydroxylation is 1. The van der Waals surface area contributed by atoms with Crippen molar-refractivity contribution in [2.45, 2.75) is 39.7 Å². The molecule has 1 saturated heterocycles. The minimum absolute atomic E-state index is 0.350. The van der Waals surface area contributed by atoms with Crippen LogP contribution in [0.15, 0.2) is 30.3 Å². The van der Waals surface area contributed by atoms with Crippen LogP contribution in [0.4, 0.5) is 5.69 Å². The molecule has 0 amide bonds. The van der Waals surface area contributed by atoms with Crippen molar-refractivity contribution >= 4 is 16.6 Å². The van der Waals surface area contributed by atoms with Crippen molar-refractivity contribution in [3.63, 3.8) is 0 Å². The van der Waals surface area contributed by atoms with Crippen LogP contribution in [-0.2, 0) is 0 Å². The summed E-state index contributed by atoms with van der Waals surface area (Å²) in [6.45, 7) is 8.87. The minimum Gasteiger partial charge on any atom is -0.383 e. The number of rotatable bonds is 3. The van der Waals surface area contributed by atoms with Gasteiger partial charge in [0.25, 0.3) is 0 Å². The molecule has 112 valence electrons. The zero-order valence-corrected chi connectivity index (χ0v) is 13.2. The molecule has 1 fully saturated rings. The van der Waals surface area contributed by atoms with E-state index in [1.807, 2.05) is 6.07 Å². The molecule has 1 atom stereocenters. The molecule has 1 aromatic carbocycles. The number of benzene rings is 1. The van der Waals surface area contributed by atoms with Gasteiger partial charge in [-0.05, 0) is 43.9 Å². The first-order valence-electron chi connectivity index (χ1n) is 7.90. The molecule has 0 radical (unpaired) electrons. The van der Waals surface area contributed by atoms with Gasteiger partial charge in [0, 0.05) is 29.4 Å². The van der Waals surface area contributed by atoms with E-state index in [2.05, 4.69) is 60.7 Å². The number of fused-ring (bicyclic) bond motifs is 1. The lowest BCUT2D eigenvalue weighted by Crippen LogP contribution is -2.50. The molecule has 0 bridgehead atoms. The monoisotopic (exact) mass is 283 g/mol. The number of hydrogen-bond acceptors (Lipinski definition) is 3. The van der Waals surface area contributed by atoms with Gasteiger partial charge in [0.1, 0.15) is 0 Å². The van der Waals surface area contributed by atoms with Gasteiger partial charge < -0.3 is 10.6 Å². The van der Waals surface area contributed by atoms with Crippen LogP contribution in [0.3, 0.4) is 0 Å². The van der Waals surface area contributed by atoms with Gasteiger partial charge >= 0.3 is 0 Å². The Morgan fingerprint density at radius 1 is 1.33 bits per heavy atom. The number of nitrogens with zero attached hydrogens (tertiary/aromatic N) is 1. The molecular formula is C18H25N3. The normalized spacial score (nSPS) is 21.4. The molecule has 0 spiro atoms. The van der Waals surface area contributed by atoms with E-state index in [1.54, 1.807) is 0 Å². The summed E-state index contributed by atoms with van der Waals surface area (Å²) in [6.07, 6.45) is 2.57. The lowest BCUT2D eigenvalue weighted by molar-refractivity contribution is 0.188. The zero-order chi connectivity index (χ0) is 14.9. The first-order chi connectivity index (χ1) is 10.1. The number of piperidine rings is 1. The number of nitrogens with one attached hydrogen (secondary N) is 2. The standard InChI is InChI=1S/C18H25N3/c1-13-11-16(14-7-4-5-8-15(14)21-13)20-12-17-18(2,3)9-6-10-19-17/h4-5,7-8,11,17,19H,6,9-10,12H2,1-3H3,(H,20,21). The van der Waals surface area contributed by atoms with E-state index in [0.29, 0.717) is 11.5 Å². The molecule has 3 rings (SSSR count). The molecule has 21 heavy (non-hydrogen) atoms. The van der Waals surface area contributed by atoms with Crippen LogP contribution in [-0.4, -0.2) is 24.1 Å². The summed E-state index contributed by atoms with van der Waals surface area (Å²) >= 11 is 0. The number of para-hydroxylation sites is 1. The van der Waals surface area contributed by atoms with E-state index in [9.17, 15) is 0 Å². The predicted molar refractivity (Wildman–Crippen MR) is 89.8 cm³/mol. The van der Waals surface area contributed by atoms with E-state index in [4.69, 9.17) is 0 Å². The van der Waals surface area contributed by atoms with Gasteiger partial charge in [-0.3, -0.25) is 4.98 Å². The van der Waals surface area contributed by atoms with E-state index in [0.717, 1.165) is 24.3 Å². The third kappa shape index (κ3) is 3.03. The molecule has 1 unspecified atom stereocenters. The van der Waals surface area contributed by atoms with Gasteiger partial charge in [-0.25, -0.2) is 0 Å². The van der Waals surface area contributed by atoms with Gasteiger partial charge in [0.15, 0.2) is 0 Å². The Labute approximate surface area is 127 Å². The number of pyridine rings is 1. The number of hydrogen-bond donors (Lipinski definition) is 2. The molecule has 2 aromatic rings. The van der Waals surface area contributed by atoms with Crippen LogP contribution in [0.2, 0.25) is 0 Å². The average molecular weight is 283 g/mol. The zero-order valence-electron chi connectivity index (χ0n) is 13.2. The Hall–Kier alpha value is -1.61. The van der Waals surface area contributed by atoms with Crippen molar-refractivity contribution in [1.29, 1.82) is 0 Å². The fourth-order valence-electron chi connectivity index (χ4n) is 3.29. The minimum atomic E-state index is 0.350. The lowest BCUT2D eigenvalue weighted by atomic mass is 9.77. The molecule has 0 saturated carbocycles. The lowest BCUT2D eigenvalue weighted by Gasteiger charge is -2.39. The highest BCUT2D eigenvalue weighted by molar-refractivity contribution is 5.91. The summed E-state index contributed by atoms with van der Waals surface area (Å²) in [5.41, 5.74) is 3.67. The van der Waals surface area contributed by atoms with Crippen molar-refractivity contribution in [1.82, 2.24) is 10.3 Å². The predicted octanol–water partition coefficient (Wildman–Crippen LogP) is 3.73. The molecule has 1 aromatic heterocycles. The Balaban J connectivity index is 1.82. The van der Waals surface area contributed by atoms with Gasteiger partial charge in [0.2, 0.25) is 0 Å². The first kappa shape index (κ1) is 14.3. The van der Waals surface area contributed by atoms with Crippen molar-refractivity contribution in [2.24, 2.45) is 5.41 Å². The second-order valence-electron chi connectivity index (χ2n) is 6.81. The van der Waals surface area contributed by atoms with Crippen molar-refractivity contribution < 1.29 is 0 Å². The van der Waals surface area contributed by atoms with Gasteiger partial charge in [-0.15, -0.1) is 0 Å². The topological polar surface area (TPSA) is 37.0 Å². The first-order valence-corrected chi connectivity index (χ1v) is 7.90. The molecule has 1 aliphatic heterocycles. The van der Waals surface area contributed by atoms with Crippen LogP contribution in [0.1, 0.15) is 32.4 Å². The highest BCUT2D eigenvalue weighted by Gasteiger charge is 2.31. The summed E-state index contributed by atoms with van der Waals surface area (Å²) in [5, 5.41) is 8.52. The maximum Gasteiger partial charge on any atom is 0.0725 e. The smallest absolute Gasteiger partial charge is 0.0725 e. The Bertz CT molecular complexity index is 633. The van der Waals surface area contributed by atoms with Crippen molar-refractivity contribution in [3.05, 3.63) is 36.0 Å². The van der Waals surface area contributed by atoms with Crippen LogP contribution < -0.4 is 10.6 Å². The molecule has 3 nitrogen and oxygen atoms in total. The Morgan fingerprint density at radius 3 is 2.95 bits per heavy atom. The van der Waals surface area contributed by atoms with Gasteiger partial charge in [-0.1, -0.05) is 32.0 Å². The molecule has 1 aliphatic rings. The fraction of sp³-hybridized carbons (Fsp3) is 0.500. The Morgan fingerprint density at radius 2 is 2.14 bits per heavy atom. The third-order valence-electron chi connectivity index (χ3n) is 4.67. The molecule has 2 heterocycles. The molecular weight excluding hydrogens is 258 g/mol. The number of aromatic nitrogens is 1. The van der Waals surface area contributed by atoms with Crippen LogP contribution in [0.25, 0.3) is 10.9 Å². The molecule has 3 heteroatoms. The van der Waals surface area contributed by atoms with Crippen LogP contribution in [0.5, 0.6) is 0 Å². The summed E-state index contributed by atoms with van der Waals surface area (Å²) in [4.78, 5) is 4.60. The molecule has 0 aliphatic carbocycles. The Kier molecular flexibility index (Phi) is 3.85. The summed E-state index contributed by atoms with van der Waals surface area (Å²) in [5.74, 6) is 0. The van der Waals surface area contributed by atoms with Crippen molar-refractivity contribution in [2.75, 3.05) is 18.4 Å². The van der Waals surface area contributed by atoms with E-state index < -0.39 is 0 Å². The highest BCUT2D eigenvalue weighted by atomic mass is 15.0. The van der Waals surface area contributed by atoms with E-state index in [1.165, 1.54) is 23.9 Å². The number of anilines is 1. The van der Waals surface area contributed by atoms with Crippen molar-refractivity contribution in [3.8, 4) is 0 Å². The fourth-order valence-corrected chi connectivity index (χ4v) is 3.29. The average Bonchev–Trinajstić information content (AvgIpc) is 2.45. The summed E-state index contributed by atoms with van der Waals surface area (Å²) in [7, 11) is 0. The van der Waals surface area contributed by atoms with Gasteiger partial charge in [-0.2, -0.15) is 0 Å². The van der Waals surface area contributed by atoms with E-state index >= 15 is 0 Å². The van der Waals surface area contributed by atoms with Crippen LogP contribution in [0, 0.1) is 12.3 Å². The molecule has 2 N–H and O–H groups in total. The second-order valence-corrected chi connectivity index (χ2v) is 6.81. The maximum atomic E-state index is 4.60. The van der Waals surface area contributed by atoms with Gasteiger partial charge in [0.05, 0.1) is 5.52 Å². The summed E-state index contributed by atoms with van der Waals surface area (Å²) in [6, 6.07) is 11.0. The maximum absolute atomic E-state index is 4.60. The highest BCUT2D eigenvalue weighted by Crippen LogP contribution is 2.31. The quantitative estimate of drug-likeness (QED) is 0.901. The van der Waals surface area contributed by atoms with Crippen LogP contribution >= 0.6 is 0 Å². The van der Waals surface area contributed by atoms with E-state index in [-0.39, 0.29) is 0 Å². The SMILES string of the molecule is Cc1cc(NCC2NCCCC2(C)C)c2ccccc2n1.